The van der Waals surface area contributed by atoms with Crippen molar-refractivity contribution in [2.24, 2.45) is 5.16 Å². The van der Waals surface area contributed by atoms with Crippen molar-refractivity contribution in [2.45, 2.75) is 43.1 Å². The minimum absolute atomic E-state index is 0.0824. The van der Waals surface area contributed by atoms with E-state index in [1.54, 1.807) is 0 Å². The Bertz CT molecular complexity index is 1110. The van der Waals surface area contributed by atoms with Crippen LogP contribution in [-0.2, 0) is 19.5 Å². The highest BCUT2D eigenvalue weighted by molar-refractivity contribution is 7.92. The largest absolute Gasteiger partial charge is 0.396 e. The molecule has 178 valence electrons. The standard InChI is InChI=1S/C23H28N2O7S/c1-23(22(28)24-29,33(2,30)31)14-19-13-20(25-32-19)17-7-3-15(4-8-17)16-5-9-18(10-6-16)21(27)11-12-26/h3-10,19,21,26-27,29H,11-14H2,1-2H3,(H,24,28). The molecular weight excluding hydrogens is 448 g/mol. The molecule has 0 radical (unpaired) electrons. The van der Waals surface area contributed by atoms with E-state index in [2.05, 4.69) is 5.16 Å². The number of nitrogens with zero attached hydrogens (tertiary/aromatic N) is 1. The lowest BCUT2D eigenvalue weighted by molar-refractivity contribution is -0.132. The summed E-state index contributed by atoms with van der Waals surface area (Å²) in [4.78, 5) is 17.4. The van der Waals surface area contributed by atoms with Crippen LogP contribution in [0, 0.1) is 0 Å². The Balaban J connectivity index is 1.68. The number of hydroxylamine groups is 1. The third-order valence-electron chi connectivity index (χ3n) is 6.00. The van der Waals surface area contributed by atoms with Crippen LogP contribution in [-0.4, -0.2) is 59.2 Å². The topological polar surface area (TPSA) is 146 Å². The normalized spacial score (nSPS) is 18.7. The summed E-state index contributed by atoms with van der Waals surface area (Å²) in [5.41, 5.74) is 5.53. The summed E-state index contributed by atoms with van der Waals surface area (Å²) in [6.07, 6.45) is 0.0609. The predicted molar refractivity (Wildman–Crippen MR) is 122 cm³/mol. The number of nitrogens with one attached hydrogen (secondary N) is 1. The zero-order valence-corrected chi connectivity index (χ0v) is 19.2. The molecule has 9 nitrogen and oxygen atoms in total. The molecule has 1 heterocycles. The maximum absolute atomic E-state index is 12.2. The van der Waals surface area contributed by atoms with E-state index >= 15 is 0 Å². The second kappa shape index (κ2) is 10.0. The van der Waals surface area contributed by atoms with Gasteiger partial charge in [0.2, 0.25) is 0 Å². The second-order valence-corrected chi connectivity index (χ2v) is 10.8. The van der Waals surface area contributed by atoms with Gasteiger partial charge in [-0.2, -0.15) is 0 Å². The van der Waals surface area contributed by atoms with Crippen molar-refractivity contribution >= 4 is 21.5 Å². The van der Waals surface area contributed by atoms with E-state index in [4.69, 9.17) is 15.2 Å². The number of carbonyl (C=O) groups is 1. The molecule has 3 unspecified atom stereocenters. The first-order valence-electron chi connectivity index (χ1n) is 10.5. The highest BCUT2D eigenvalue weighted by atomic mass is 32.2. The molecule has 0 saturated carbocycles. The van der Waals surface area contributed by atoms with Crippen LogP contribution in [0.25, 0.3) is 11.1 Å². The smallest absolute Gasteiger partial charge is 0.264 e. The Morgan fingerprint density at radius 2 is 1.70 bits per heavy atom. The van der Waals surface area contributed by atoms with Gasteiger partial charge in [0.05, 0.1) is 11.8 Å². The van der Waals surface area contributed by atoms with Crippen molar-refractivity contribution in [3.63, 3.8) is 0 Å². The fourth-order valence-corrected chi connectivity index (χ4v) is 4.59. The lowest BCUT2D eigenvalue weighted by Crippen LogP contribution is -2.51. The number of amides is 1. The number of benzene rings is 2. The van der Waals surface area contributed by atoms with Crippen LogP contribution in [0.2, 0.25) is 0 Å². The van der Waals surface area contributed by atoms with Gasteiger partial charge in [-0.3, -0.25) is 10.0 Å². The first kappa shape index (κ1) is 24.8. The molecule has 33 heavy (non-hydrogen) atoms. The van der Waals surface area contributed by atoms with Crippen molar-refractivity contribution in [3.05, 3.63) is 59.7 Å². The molecule has 0 spiro atoms. The molecule has 0 bridgehead atoms. The van der Waals surface area contributed by atoms with Crippen LogP contribution in [0.15, 0.2) is 53.7 Å². The van der Waals surface area contributed by atoms with Gasteiger partial charge in [-0.05, 0) is 29.2 Å². The number of hydrogen-bond donors (Lipinski definition) is 4. The molecule has 1 amide bonds. The summed E-state index contributed by atoms with van der Waals surface area (Å²) in [5, 5.41) is 32.0. The number of oxime groups is 1. The lowest BCUT2D eigenvalue weighted by Gasteiger charge is -2.26. The van der Waals surface area contributed by atoms with Gasteiger partial charge >= 0.3 is 0 Å². The molecule has 1 aliphatic rings. The maximum Gasteiger partial charge on any atom is 0.264 e. The van der Waals surface area contributed by atoms with Crippen LogP contribution >= 0.6 is 0 Å². The fraction of sp³-hybridized carbons (Fsp3) is 0.391. The van der Waals surface area contributed by atoms with E-state index in [0.717, 1.165) is 28.5 Å². The average Bonchev–Trinajstić information content (AvgIpc) is 3.26. The Morgan fingerprint density at radius 3 is 2.21 bits per heavy atom. The Hall–Kier alpha value is -2.79. The summed E-state index contributed by atoms with van der Waals surface area (Å²) in [6, 6.07) is 15.0. The quantitative estimate of drug-likeness (QED) is 0.320. The van der Waals surface area contributed by atoms with E-state index < -0.39 is 32.7 Å². The Labute approximate surface area is 192 Å². The minimum atomic E-state index is -3.82. The van der Waals surface area contributed by atoms with Crippen molar-refractivity contribution in [2.75, 3.05) is 12.9 Å². The third-order valence-corrected chi connectivity index (χ3v) is 7.99. The molecule has 4 N–H and O–H groups in total. The summed E-state index contributed by atoms with van der Waals surface area (Å²) >= 11 is 0. The Kier molecular flexibility index (Phi) is 7.53. The minimum Gasteiger partial charge on any atom is -0.396 e. The van der Waals surface area contributed by atoms with E-state index in [0.29, 0.717) is 12.1 Å². The van der Waals surface area contributed by atoms with E-state index in [9.17, 15) is 18.3 Å². The van der Waals surface area contributed by atoms with Crippen molar-refractivity contribution in [1.29, 1.82) is 0 Å². The summed E-state index contributed by atoms with van der Waals surface area (Å²) in [7, 11) is -3.82. The number of aliphatic hydroxyl groups is 2. The van der Waals surface area contributed by atoms with Crippen molar-refractivity contribution in [1.82, 2.24) is 5.48 Å². The maximum atomic E-state index is 12.2. The molecule has 0 fully saturated rings. The number of hydrogen-bond acceptors (Lipinski definition) is 8. The zero-order valence-electron chi connectivity index (χ0n) is 18.4. The summed E-state index contributed by atoms with van der Waals surface area (Å²) < 4.78 is 22.5. The Morgan fingerprint density at radius 1 is 1.15 bits per heavy atom. The molecule has 0 saturated heterocycles. The van der Waals surface area contributed by atoms with Gasteiger partial charge in [0.25, 0.3) is 5.91 Å². The highest BCUT2D eigenvalue weighted by Crippen LogP contribution is 2.30. The van der Waals surface area contributed by atoms with Gasteiger partial charge in [-0.25, -0.2) is 13.9 Å². The third kappa shape index (κ3) is 5.41. The number of rotatable bonds is 9. The molecule has 2 aromatic carbocycles. The molecule has 3 rings (SSSR count). The average molecular weight is 477 g/mol. The van der Waals surface area contributed by atoms with E-state index in [1.165, 1.54) is 12.4 Å². The summed E-state index contributed by atoms with van der Waals surface area (Å²) in [6.45, 7) is 1.17. The zero-order chi connectivity index (χ0) is 24.2. The lowest BCUT2D eigenvalue weighted by atomic mass is 9.95. The molecule has 1 aliphatic heterocycles. The fourth-order valence-electron chi connectivity index (χ4n) is 3.72. The van der Waals surface area contributed by atoms with Gasteiger partial charge in [0.1, 0.15) is 6.10 Å². The van der Waals surface area contributed by atoms with Crippen LogP contribution in [0.4, 0.5) is 0 Å². The first-order valence-corrected chi connectivity index (χ1v) is 12.3. The number of carbonyl (C=O) groups excluding carboxylic acids is 1. The molecule has 10 heteroatoms. The molecule has 0 aliphatic carbocycles. The second-order valence-electron chi connectivity index (χ2n) is 8.35. The molecule has 3 atom stereocenters. The molecular formula is C23H28N2O7S. The van der Waals surface area contributed by atoms with Gasteiger partial charge in [0.15, 0.2) is 14.6 Å². The predicted octanol–water partition coefficient (Wildman–Crippen LogP) is 1.96. The van der Waals surface area contributed by atoms with Crippen LogP contribution in [0.3, 0.4) is 0 Å². The van der Waals surface area contributed by atoms with Crippen LogP contribution < -0.4 is 5.48 Å². The van der Waals surface area contributed by atoms with Gasteiger partial charge in [-0.1, -0.05) is 53.7 Å². The number of aliphatic hydroxyl groups excluding tert-OH is 2. The van der Waals surface area contributed by atoms with E-state index in [1.807, 2.05) is 48.5 Å². The van der Waals surface area contributed by atoms with Gasteiger partial charge < -0.3 is 15.1 Å². The summed E-state index contributed by atoms with van der Waals surface area (Å²) in [5.74, 6) is -1.01. The van der Waals surface area contributed by atoms with Crippen molar-refractivity contribution < 1.29 is 33.5 Å². The van der Waals surface area contributed by atoms with Crippen LogP contribution in [0.5, 0.6) is 0 Å². The van der Waals surface area contributed by atoms with Gasteiger partial charge in [0, 0.05) is 32.1 Å². The van der Waals surface area contributed by atoms with E-state index in [-0.39, 0.29) is 19.4 Å². The first-order chi connectivity index (χ1) is 15.6. The molecule has 2 aromatic rings. The highest BCUT2D eigenvalue weighted by Gasteiger charge is 2.47. The van der Waals surface area contributed by atoms with Gasteiger partial charge in [-0.15, -0.1) is 0 Å². The molecule has 0 aromatic heterocycles. The monoisotopic (exact) mass is 476 g/mol. The number of sulfone groups is 1. The SMILES string of the molecule is CC(CC1CC(c2ccc(-c3ccc(C(O)CCO)cc3)cc2)=NO1)(C(=O)NO)S(C)(=O)=O. The van der Waals surface area contributed by atoms with Crippen molar-refractivity contribution in [3.8, 4) is 11.1 Å². The van der Waals surface area contributed by atoms with Crippen LogP contribution in [0.1, 0.15) is 43.4 Å².